The van der Waals surface area contributed by atoms with Crippen LogP contribution in [0.4, 0.5) is 5.69 Å². The fourth-order valence-electron chi connectivity index (χ4n) is 4.39. The molecule has 1 saturated heterocycles. The van der Waals surface area contributed by atoms with Crippen molar-refractivity contribution in [3.8, 4) is 11.4 Å². The van der Waals surface area contributed by atoms with Crippen molar-refractivity contribution in [3.63, 3.8) is 0 Å². The van der Waals surface area contributed by atoms with E-state index in [2.05, 4.69) is 20.3 Å². The summed E-state index contributed by atoms with van der Waals surface area (Å²) in [4.78, 5) is 19.6. The Morgan fingerprint density at radius 2 is 2.04 bits per heavy atom. The van der Waals surface area contributed by atoms with E-state index in [-0.39, 0.29) is 11.4 Å². The number of amides is 1. The first-order valence-electron chi connectivity index (χ1n) is 9.73. The van der Waals surface area contributed by atoms with Crippen molar-refractivity contribution in [1.82, 2.24) is 19.7 Å². The lowest BCUT2D eigenvalue weighted by Crippen LogP contribution is -2.53. The van der Waals surface area contributed by atoms with Crippen molar-refractivity contribution < 1.29 is 9.53 Å². The maximum absolute atomic E-state index is 12.9. The zero-order valence-electron chi connectivity index (χ0n) is 15.9. The van der Waals surface area contributed by atoms with E-state index in [1.165, 1.54) is 12.8 Å². The number of aryl methyl sites for hydroxylation is 1. The van der Waals surface area contributed by atoms with Gasteiger partial charge in [0.1, 0.15) is 6.33 Å². The molecule has 2 heterocycles. The Balaban J connectivity index is 1.45. The fourth-order valence-corrected chi connectivity index (χ4v) is 4.39. The molecule has 0 bridgehead atoms. The van der Waals surface area contributed by atoms with Gasteiger partial charge in [0.05, 0.1) is 13.2 Å². The van der Waals surface area contributed by atoms with E-state index in [0.29, 0.717) is 12.2 Å². The first-order valence-corrected chi connectivity index (χ1v) is 9.73. The summed E-state index contributed by atoms with van der Waals surface area (Å²) in [6, 6.07) is 7.73. The fraction of sp³-hybridized carbons (Fsp3) is 0.550. The Labute approximate surface area is 159 Å². The monoisotopic (exact) mass is 369 g/mol. The molecule has 0 spiro atoms. The Kier molecular flexibility index (Phi) is 5.22. The second kappa shape index (κ2) is 7.78. The first-order chi connectivity index (χ1) is 13.1. The molecule has 4 rings (SSSR count). The number of aromatic nitrogens is 3. The highest BCUT2D eigenvalue weighted by molar-refractivity contribution is 5.92. The van der Waals surface area contributed by atoms with E-state index >= 15 is 0 Å². The SMILES string of the molecule is Cn1cnc(-c2cccc(NC(=O)CC3(N4CCOCC4)CCCC3)c2)n1. The molecule has 0 radical (unpaired) electrons. The van der Waals surface area contributed by atoms with Gasteiger partial charge in [0.15, 0.2) is 5.82 Å². The predicted octanol–water partition coefficient (Wildman–Crippen LogP) is 2.46. The lowest BCUT2D eigenvalue weighted by atomic mass is 9.90. The Morgan fingerprint density at radius 3 is 2.74 bits per heavy atom. The van der Waals surface area contributed by atoms with Crippen LogP contribution in [-0.4, -0.2) is 57.4 Å². The number of benzene rings is 1. The summed E-state index contributed by atoms with van der Waals surface area (Å²) in [5.41, 5.74) is 1.69. The van der Waals surface area contributed by atoms with Crippen molar-refractivity contribution in [2.24, 2.45) is 7.05 Å². The second-order valence-corrected chi connectivity index (χ2v) is 7.58. The number of morpholine rings is 1. The topological polar surface area (TPSA) is 72.3 Å². The highest BCUT2D eigenvalue weighted by atomic mass is 16.5. The number of hydrogen-bond acceptors (Lipinski definition) is 5. The Bertz CT molecular complexity index is 791. The van der Waals surface area contributed by atoms with Crippen LogP contribution in [0, 0.1) is 0 Å². The van der Waals surface area contributed by atoms with Gasteiger partial charge in [-0.15, -0.1) is 0 Å². The van der Waals surface area contributed by atoms with Crippen molar-refractivity contribution in [2.75, 3.05) is 31.6 Å². The van der Waals surface area contributed by atoms with Crippen molar-refractivity contribution in [1.29, 1.82) is 0 Å². The molecular weight excluding hydrogens is 342 g/mol. The molecule has 0 unspecified atom stereocenters. The summed E-state index contributed by atoms with van der Waals surface area (Å²) in [5, 5.41) is 7.42. The normalized spacial score (nSPS) is 19.9. The molecule has 1 N–H and O–H groups in total. The molecule has 0 atom stereocenters. The summed E-state index contributed by atoms with van der Waals surface area (Å²) >= 11 is 0. The maximum Gasteiger partial charge on any atom is 0.226 e. The van der Waals surface area contributed by atoms with Gasteiger partial charge in [0.25, 0.3) is 0 Å². The van der Waals surface area contributed by atoms with Crippen LogP contribution in [0.25, 0.3) is 11.4 Å². The number of hydrogen-bond donors (Lipinski definition) is 1. The molecule has 7 nitrogen and oxygen atoms in total. The molecule has 1 aromatic heterocycles. The highest BCUT2D eigenvalue weighted by Crippen LogP contribution is 2.38. The summed E-state index contributed by atoms with van der Waals surface area (Å²) in [7, 11) is 1.84. The molecule has 2 aliphatic rings. The van der Waals surface area contributed by atoms with Crippen molar-refractivity contribution >= 4 is 11.6 Å². The standard InChI is InChI=1S/C20H27N5O2/c1-24-15-21-19(23-24)16-5-4-6-17(13-16)22-18(26)14-20(7-2-3-8-20)25-9-11-27-12-10-25/h4-6,13,15H,2-3,7-12,14H2,1H3,(H,22,26). The number of anilines is 1. The van der Waals surface area contributed by atoms with Crippen LogP contribution in [0.15, 0.2) is 30.6 Å². The van der Waals surface area contributed by atoms with Crippen LogP contribution in [0.1, 0.15) is 32.1 Å². The van der Waals surface area contributed by atoms with Gasteiger partial charge in [0, 0.05) is 43.3 Å². The zero-order chi connectivity index (χ0) is 18.7. The number of carbonyl (C=O) groups is 1. The highest BCUT2D eigenvalue weighted by Gasteiger charge is 2.41. The average molecular weight is 369 g/mol. The van der Waals surface area contributed by atoms with Gasteiger partial charge in [-0.05, 0) is 25.0 Å². The number of nitrogens with zero attached hydrogens (tertiary/aromatic N) is 4. The van der Waals surface area contributed by atoms with E-state index in [1.54, 1.807) is 11.0 Å². The van der Waals surface area contributed by atoms with E-state index in [9.17, 15) is 4.79 Å². The lowest BCUT2D eigenvalue weighted by Gasteiger charge is -2.43. The van der Waals surface area contributed by atoms with Crippen molar-refractivity contribution in [2.45, 2.75) is 37.6 Å². The Morgan fingerprint density at radius 1 is 1.26 bits per heavy atom. The van der Waals surface area contributed by atoms with Gasteiger partial charge in [-0.3, -0.25) is 14.4 Å². The molecule has 2 fully saturated rings. The smallest absolute Gasteiger partial charge is 0.226 e. The first kappa shape index (κ1) is 18.1. The van der Waals surface area contributed by atoms with Gasteiger partial charge in [-0.2, -0.15) is 5.10 Å². The van der Waals surface area contributed by atoms with Gasteiger partial charge in [-0.1, -0.05) is 25.0 Å². The molecular formula is C20H27N5O2. The quantitative estimate of drug-likeness (QED) is 0.876. The predicted molar refractivity (Wildman–Crippen MR) is 103 cm³/mol. The maximum atomic E-state index is 12.9. The van der Waals surface area contributed by atoms with Crippen LogP contribution in [0.3, 0.4) is 0 Å². The second-order valence-electron chi connectivity index (χ2n) is 7.58. The zero-order valence-corrected chi connectivity index (χ0v) is 15.9. The summed E-state index contributed by atoms with van der Waals surface area (Å²) in [6.45, 7) is 3.38. The van der Waals surface area contributed by atoms with Gasteiger partial charge in [-0.25, -0.2) is 4.98 Å². The van der Waals surface area contributed by atoms with E-state index in [0.717, 1.165) is 50.4 Å². The molecule has 7 heteroatoms. The van der Waals surface area contributed by atoms with Crippen LogP contribution >= 0.6 is 0 Å². The van der Waals surface area contributed by atoms with E-state index in [1.807, 2.05) is 31.3 Å². The van der Waals surface area contributed by atoms with Crippen LogP contribution in [-0.2, 0) is 16.6 Å². The number of ether oxygens (including phenoxy) is 1. The molecule has 144 valence electrons. The van der Waals surface area contributed by atoms with Crippen molar-refractivity contribution in [3.05, 3.63) is 30.6 Å². The number of nitrogens with one attached hydrogen (secondary N) is 1. The minimum Gasteiger partial charge on any atom is -0.379 e. The summed E-state index contributed by atoms with van der Waals surface area (Å²) in [6.07, 6.45) is 6.80. The van der Waals surface area contributed by atoms with Gasteiger partial charge < -0.3 is 10.1 Å². The van der Waals surface area contributed by atoms with E-state index < -0.39 is 0 Å². The summed E-state index contributed by atoms with van der Waals surface area (Å²) in [5.74, 6) is 0.740. The van der Waals surface area contributed by atoms with Crippen LogP contribution < -0.4 is 5.32 Å². The Hall–Kier alpha value is -2.25. The molecule has 1 aliphatic carbocycles. The minimum atomic E-state index is -0.00594. The van der Waals surface area contributed by atoms with Crippen LogP contribution in [0.2, 0.25) is 0 Å². The minimum absolute atomic E-state index is 0.00594. The third kappa shape index (κ3) is 4.04. The van der Waals surface area contributed by atoms with Gasteiger partial charge >= 0.3 is 0 Å². The number of rotatable bonds is 5. The number of carbonyl (C=O) groups excluding carboxylic acids is 1. The molecule has 1 amide bonds. The molecule has 2 aromatic rings. The third-order valence-electron chi connectivity index (χ3n) is 5.71. The lowest BCUT2D eigenvalue weighted by molar-refractivity contribution is -0.120. The van der Waals surface area contributed by atoms with Crippen LogP contribution in [0.5, 0.6) is 0 Å². The third-order valence-corrected chi connectivity index (χ3v) is 5.71. The molecule has 1 saturated carbocycles. The molecule has 1 aliphatic heterocycles. The van der Waals surface area contributed by atoms with Gasteiger partial charge in [0.2, 0.25) is 5.91 Å². The summed E-state index contributed by atoms with van der Waals surface area (Å²) < 4.78 is 7.18. The molecule has 27 heavy (non-hydrogen) atoms. The largest absolute Gasteiger partial charge is 0.379 e. The van der Waals surface area contributed by atoms with E-state index in [4.69, 9.17) is 4.74 Å². The average Bonchev–Trinajstić information content (AvgIpc) is 3.32. The molecule has 1 aromatic carbocycles.